The summed E-state index contributed by atoms with van der Waals surface area (Å²) in [4.78, 5) is 11.7. The molecule has 0 aliphatic rings. The Kier molecular flexibility index (Phi) is 10.0. The Morgan fingerprint density at radius 1 is 1.35 bits per heavy atom. The van der Waals surface area contributed by atoms with Crippen LogP contribution in [-0.2, 0) is 27.4 Å². The van der Waals surface area contributed by atoms with Crippen LogP contribution in [-0.4, -0.2) is 32.8 Å². The first kappa shape index (κ1) is 18.9. The van der Waals surface area contributed by atoms with Gasteiger partial charge in [-0.25, -0.2) is 0 Å². The predicted molar refractivity (Wildman–Crippen MR) is 80.7 cm³/mol. The summed E-state index contributed by atoms with van der Waals surface area (Å²) in [5.41, 5.74) is 7.61. The Bertz CT molecular complexity index is 398. The Labute approximate surface area is 126 Å². The largest absolute Gasteiger partial charge is 0.380 e. The molecule has 1 rings (SSSR count). The molecule has 0 saturated carbocycles. The van der Waals surface area contributed by atoms with Crippen molar-refractivity contribution in [3.63, 3.8) is 0 Å². The van der Waals surface area contributed by atoms with E-state index >= 15 is 0 Å². The van der Waals surface area contributed by atoms with E-state index in [4.69, 9.17) is 15.2 Å². The average Bonchev–Trinajstić information content (AvgIpc) is 2.43. The summed E-state index contributed by atoms with van der Waals surface area (Å²) in [6.45, 7) is 1.41. The first-order valence-corrected chi connectivity index (χ1v) is 6.26. The van der Waals surface area contributed by atoms with Crippen molar-refractivity contribution in [1.82, 2.24) is 5.32 Å². The van der Waals surface area contributed by atoms with Crippen LogP contribution in [0.5, 0.6) is 0 Å². The number of amides is 1. The molecule has 1 atom stereocenters. The lowest BCUT2D eigenvalue weighted by atomic mass is 10.1. The van der Waals surface area contributed by atoms with Crippen LogP contribution in [0, 0.1) is 0 Å². The number of benzene rings is 1. The maximum atomic E-state index is 11.7. The first-order valence-electron chi connectivity index (χ1n) is 6.26. The lowest BCUT2D eigenvalue weighted by Gasteiger charge is -2.12. The summed E-state index contributed by atoms with van der Waals surface area (Å²) in [6.07, 6.45) is 0.0601. The van der Waals surface area contributed by atoms with E-state index in [0.717, 1.165) is 11.1 Å². The van der Waals surface area contributed by atoms with Crippen LogP contribution in [0.15, 0.2) is 24.3 Å². The van der Waals surface area contributed by atoms with Crippen LogP contribution in [0.3, 0.4) is 0 Å². The second-order valence-corrected chi connectivity index (χ2v) is 4.33. The van der Waals surface area contributed by atoms with E-state index in [2.05, 4.69) is 5.32 Å². The van der Waals surface area contributed by atoms with Crippen LogP contribution < -0.4 is 11.1 Å². The van der Waals surface area contributed by atoms with Crippen molar-refractivity contribution in [3.8, 4) is 0 Å². The molecule has 0 bridgehead atoms. The van der Waals surface area contributed by atoms with E-state index in [1.54, 1.807) is 14.2 Å². The number of nitrogens with two attached hydrogens (primary N) is 1. The fourth-order valence-electron chi connectivity index (χ4n) is 1.74. The molecule has 0 aliphatic carbocycles. The molecule has 5 nitrogen and oxygen atoms in total. The number of nitrogens with one attached hydrogen (secondary N) is 1. The summed E-state index contributed by atoms with van der Waals surface area (Å²) >= 11 is 0. The molecule has 0 aromatic heterocycles. The summed E-state index contributed by atoms with van der Waals surface area (Å²) < 4.78 is 10.1. The number of carbonyl (C=O) groups is 1. The second-order valence-electron chi connectivity index (χ2n) is 4.33. The van der Waals surface area contributed by atoms with Crippen molar-refractivity contribution in [2.75, 3.05) is 20.8 Å². The highest BCUT2D eigenvalue weighted by Crippen LogP contribution is 2.06. The summed E-state index contributed by atoms with van der Waals surface area (Å²) in [5.74, 6) is -0.0607. The highest BCUT2D eigenvalue weighted by Gasteiger charge is 2.10. The molecule has 6 heteroatoms. The van der Waals surface area contributed by atoms with Gasteiger partial charge in [-0.15, -0.1) is 12.4 Å². The van der Waals surface area contributed by atoms with E-state index in [0.29, 0.717) is 19.7 Å². The minimum absolute atomic E-state index is 0. The van der Waals surface area contributed by atoms with Gasteiger partial charge < -0.3 is 20.5 Å². The fourth-order valence-corrected chi connectivity index (χ4v) is 1.74. The number of carbonyl (C=O) groups excluding carboxylic acids is 1. The summed E-state index contributed by atoms with van der Waals surface area (Å²) in [6, 6.07) is 7.93. The third kappa shape index (κ3) is 6.86. The molecule has 1 aromatic carbocycles. The Morgan fingerprint density at radius 2 is 2.05 bits per heavy atom. The molecule has 0 fully saturated rings. The maximum Gasteiger partial charge on any atom is 0.222 e. The van der Waals surface area contributed by atoms with Gasteiger partial charge in [-0.2, -0.15) is 0 Å². The SMILES string of the molecule is COCc1cccc(CNC(=O)CC(CN)OC)c1.Cl. The molecule has 1 aromatic rings. The van der Waals surface area contributed by atoms with Crippen molar-refractivity contribution in [2.24, 2.45) is 5.73 Å². The van der Waals surface area contributed by atoms with Gasteiger partial charge in [-0.3, -0.25) is 4.79 Å². The predicted octanol–water partition coefficient (Wildman–Crippen LogP) is 1.23. The zero-order chi connectivity index (χ0) is 14.1. The molecule has 1 amide bonds. The van der Waals surface area contributed by atoms with E-state index < -0.39 is 0 Å². The minimum Gasteiger partial charge on any atom is -0.380 e. The highest BCUT2D eigenvalue weighted by molar-refractivity contribution is 5.85. The molecular formula is C14H23ClN2O3. The molecule has 1 unspecified atom stereocenters. The Balaban J connectivity index is 0.00000361. The summed E-state index contributed by atoms with van der Waals surface area (Å²) in [5, 5.41) is 2.85. The molecule has 0 heterocycles. The molecule has 0 radical (unpaired) electrons. The van der Waals surface area contributed by atoms with E-state index in [1.165, 1.54) is 0 Å². The average molecular weight is 303 g/mol. The van der Waals surface area contributed by atoms with E-state index in [1.807, 2.05) is 24.3 Å². The Hall–Kier alpha value is -1.14. The molecule has 0 aliphatic heterocycles. The molecule has 0 spiro atoms. The van der Waals surface area contributed by atoms with E-state index in [-0.39, 0.29) is 30.8 Å². The van der Waals surface area contributed by atoms with Gasteiger partial charge in [0.05, 0.1) is 19.1 Å². The molecule has 0 saturated heterocycles. The molecular weight excluding hydrogens is 280 g/mol. The third-order valence-corrected chi connectivity index (χ3v) is 2.80. The highest BCUT2D eigenvalue weighted by atomic mass is 35.5. The van der Waals surface area contributed by atoms with Crippen molar-refractivity contribution >= 4 is 18.3 Å². The van der Waals surface area contributed by atoms with Crippen LogP contribution >= 0.6 is 12.4 Å². The lowest BCUT2D eigenvalue weighted by Crippen LogP contribution is -2.31. The van der Waals surface area contributed by atoms with Crippen LogP contribution in [0.25, 0.3) is 0 Å². The van der Waals surface area contributed by atoms with E-state index in [9.17, 15) is 4.79 Å². The van der Waals surface area contributed by atoms with Crippen LogP contribution in [0.2, 0.25) is 0 Å². The standard InChI is InChI=1S/C14H22N2O3.ClH/c1-18-10-12-5-3-4-11(6-12)9-16-14(17)7-13(8-15)19-2;/h3-6,13H,7-10,15H2,1-2H3,(H,16,17);1H. The topological polar surface area (TPSA) is 73.6 Å². The van der Waals surface area contributed by atoms with Gasteiger partial charge in [0.25, 0.3) is 0 Å². The Morgan fingerprint density at radius 3 is 2.65 bits per heavy atom. The van der Waals surface area contributed by atoms with Crippen molar-refractivity contribution in [3.05, 3.63) is 35.4 Å². The normalized spacial score (nSPS) is 11.6. The molecule has 3 N–H and O–H groups in total. The van der Waals surface area contributed by atoms with Crippen molar-refractivity contribution in [2.45, 2.75) is 25.7 Å². The van der Waals surface area contributed by atoms with Gasteiger partial charge in [0.2, 0.25) is 5.91 Å². The number of methoxy groups -OCH3 is 2. The smallest absolute Gasteiger partial charge is 0.222 e. The zero-order valence-corrected chi connectivity index (χ0v) is 12.7. The fraction of sp³-hybridized carbons (Fsp3) is 0.500. The van der Waals surface area contributed by atoms with Gasteiger partial charge >= 0.3 is 0 Å². The molecule has 114 valence electrons. The van der Waals surface area contributed by atoms with Gasteiger partial charge in [0.15, 0.2) is 0 Å². The zero-order valence-electron chi connectivity index (χ0n) is 11.9. The number of rotatable bonds is 8. The van der Waals surface area contributed by atoms with Crippen molar-refractivity contribution in [1.29, 1.82) is 0 Å². The van der Waals surface area contributed by atoms with Gasteiger partial charge in [-0.1, -0.05) is 24.3 Å². The number of ether oxygens (including phenoxy) is 2. The maximum absolute atomic E-state index is 11.7. The lowest BCUT2D eigenvalue weighted by molar-refractivity contribution is -0.123. The quantitative estimate of drug-likeness (QED) is 0.757. The number of hydrogen-bond donors (Lipinski definition) is 2. The monoisotopic (exact) mass is 302 g/mol. The van der Waals surface area contributed by atoms with Crippen LogP contribution in [0.4, 0.5) is 0 Å². The first-order chi connectivity index (χ1) is 9.19. The minimum atomic E-state index is -0.222. The third-order valence-electron chi connectivity index (χ3n) is 2.80. The second kappa shape index (κ2) is 10.6. The van der Waals surface area contributed by atoms with Gasteiger partial charge in [-0.05, 0) is 11.1 Å². The number of halogens is 1. The van der Waals surface area contributed by atoms with Gasteiger partial charge in [0, 0.05) is 27.3 Å². The number of hydrogen-bond acceptors (Lipinski definition) is 4. The van der Waals surface area contributed by atoms with Crippen molar-refractivity contribution < 1.29 is 14.3 Å². The summed E-state index contributed by atoms with van der Waals surface area (Å²) in [7, 11) is 3.21. The van der Waals surface area contributed by atoms with Gasteiger partial charge in [0.1, 0.15) is 0 Å². The van der Waals surface area contributed by atoms with Crippen LogP contribution in [0.1, 0.15) is 17.5 Å². The molecule has 20 heavy (non-hydrogen) atoms.